The number of carbonyl (C=O) groups excluding carboxylic acids is 2. The van der Waals surface area contributed by atoms with Crippen LogP contribution in [0.2, 0.25) is 0 Å². The summed E-state index contributed by atoms with van der Waals surface area (Å²) in [4.78, 5) is 29.1. The molecule has 0 spiro atoms. The van der Waals surface area contributed by atoms with Crippen LogP contribution in [0.3, 0.4) is 0 Å². The van der Waals surface area contributed by atoms with Crippen molar-refractivity contribution >= 4 is 28.4 Å². The summed E-state index contributed by atoms with van der Waals surface area (Å²) < 4.78 is 65.5. The zero-order chi connectivity index (χ0) is 23.8. The zero-order valence-corrected chi connectivity index (χ0v) is 17.1. The van der Waals surface area contributed by atoms with E-state index in [1.165, 1.54) is 12.3 Å². The monoisotopic (exact) mass is 466 g/mol. The van der Waals surface area contributed by atoms with Crippen molar-refractivity contribution in [1.29, 1.82) is 0 Å². The molecule has 1 atom stereocenters. The number of benzene rings is 2. The third-order valence-corrected chi connectivity index (χ3v) is 5.45. The molecule has 33 heavy (non-hydrogen) atoms. The van der Waals surface area contributed by atoms with Crippen molar-refractivity contribution in [1.82, 2.24) is 15.2 Å². The Hall–Kier alpha value is -3.47. The largest absolute Gasteiger partial charge is 0.416 e. The molecule has 2 heterocycles. The van der Waals surface area contributed by atoms with E-state index in [0.29, 0.717) is 25.1 Å². The molecule has 1 fully saturated rings. The molecule has 1 unspecified atom stereocenters. The van der Waals surface area contributed by atoms with E-state index in [9.17, 15) is 31.5 Å². The number of carbonyl (C=O) groups is 2. The number of rotatable bonds is 4. The van der Waals surface area contributed by atoms with Gasteiger partial charge in [0.15, 0.2) is 11.6 Å². The highest BCUT2D eigenvalue weighted by molar-refractivity contribution is 6.40. The van der Waals surface area contributed by atoms with Crippen LogP contribution in [0.5, 0.6) is 0 Å². The molecule has 3 N–H and O–H groups in total. The van der Waals surface area contributed by atoms with E-state index in [1.54, 1.807) is 6.07 Å². The lowest BCUT2D eigenvalue weighted by atomic mass is 10.1. The van der Waals surface area contributed by atoms with E-state index >= 15 is 0 Å². The summed E-state index contributed by atoms with van der Waals surface area (Å²) in [6, 6.07) is 6.55. The van der Waals surface area contributed by atoms with Gasteiger partial charge >= 0.3 is 18.0 Å². The number of halogens is 5. The number of H-pyrrole nitrogens is 1. The Kier molecular flexibility index (Phi) is 6.07. The fourth-order valence-corrected chi connectivity index (χ4v) is 3.85. The Morgan fingerprint density at radius 2 is 1.85 bits per heavy atom. The van der Waals surface area contributed by atoms with Crippen LogP contribution in [0.1, 0.15) is 17.5 Å². The molecular weight excluding hydrogens is 447 g/mol. The van der Waals surface area contributed by atoms with Gasteiger partial charge in [0.05, 0.1) is 16.8 Å². The predicted octanol–water partition coefficient (Wildman–Crippen LogP) is 3.79. The third-order valence-electron chi connectivity index (χ3n) is 5.45. The van der Waals surface area contributed by atoms with Crippen LogP contribution in [0, 0.1) is 11.6 Å². The SMILES string of the molecule is O=C(Nc1c[nH]c2cc(F)c(F)cc12)C(=O)NC1CCN(Cc2cccc(C(F)(F)F)c2)C1. The van der Waals surface area contributed by atoms with Gasteiger partial charge in [0.2, 0.25) is 0 Å². The molecule has 4 rings (SSSR count). The van der Waals surface area contributed by atoms with Crippen molar-refractivity contribution in [3.8, 4) is 0 Å². The van der Waals surface area contributed by atoms with E-state index in [0.717, 1.165) is 24.3 Å². The Labute approximate surface area is 184 Å². The lowest BCUT2D eigenvalue weighted by Crippen LogP contribution is -2.43. The standard InChI is InChI=1S/C22H19F5N4O2/c23-16-7-15-18(8-17(16)24)28-9-19(15)30-21(33)20(32)29-14-4-5-31(11-14)10-12-2-1-3-13(6-12)22(25,26)27/h1-3,6-9,14,28H,4-5,10-11H2,(H,29,32)(H,30,33). The van der Waals surface area contributed by atoms with Crippen molar-refractivity contribution in [3.05, 3.63) is 65.4 Å². The van der Waals surface area contributed by atoms with Crippen LogP contribution in [0.25, 0.3) is 10.9 Å². The molecule has 174 valence electrons. The van der Waals surface area contributed by atoms with Gasteiger partial charge in [-0.2, -0.15) is 13.2 Å². The minimum atomic E-state index is -4.42. The first kappa shape index (κ1) is 22.7. The van der Waals surface area contributed by atoms with Crippen LogP contribution >= 0.6 is 0 Å². The number of aromatic amines is 1. The quantitative estimate of drug-likeness (QED) is 0.405. The lowest BCUT2D eigenvalue weighted by Gasteiger charge is -2.17. The van der Waals surface area contributed by atoms with E-state index < -0.39 is 35.2 Å². The second kappa shape index (κ2) is 8.81. The highest BCUT2D eigenvalue weighted by Crippen LogP contribution is 2.30. The molecule has 2 amide bonds. The fourth-order valence-electron chi connectivity index (χ4n) is 3.85. The van der Waals surface area contributed by atoms with Crippen LogP contribution in [0.4, 0.5) is 27.6 Å². The van der Waals surface area contributed by atoms with Crippen LogP contribution in [0.15, 0.2) is 42.6 Å². The van der Waals surface area contributed by atoms with Crippen LogP contribution < -0.4 is 10.6 Å². The van der Waals surface area contributed by atoms with Crippen molar-refractivity contribution in [3.63, 3.8) is 0 Å². The number of anilines is 1. The Morgan fingerprint density at radius 3 is 2.61 bits per heavy atom. The molecule has 2 aromatic carbocycles. The van der Waals surface area contributed by atoms with Gasteiger partial charge in [-0.15, -0.1) is 0 Å². The summed E-state index contributed by atoms with van der Waals surface area (Å²) in [5.74, 6) is -4.01. The predicted molar refractivity (Wildman–Crippen MR) is 110 cm³/mol. The van der Waals surface area contributed by atoms with Crippen LogP contribution in [-0.4, -0.2) is 40.8 Å². The normalized spacial score (nSPS) is 16.8. The third kappa shape index (κ3) is 5.14. The average Bonchev–Trinajstić information content (AvgIpc) is 3.35. The highest BCUT2D eigenvalue weighted by Gasteiger charge is 2.31. The number of nitrogens with one attached hydrogen (secondary N) is 3. The minimum Gasteiger partial charge on any atom is -0.359 e. The topological polar surface area (TPSA) is 77.2 Å². The number of nitrogens with zero attached hydrogens (tertiary/aromatic N) is 1. The first-order valence-corrected chi connectivity index (χ1v) is 10.1. The number of amides is 2. The van der Waals surface area contributed by atoms with Gasteiger partial charge in [-0.3, -0.25) is 14.5 Å². The number of likely N-dealkylation sites (tertiary alicyclic amines) is 1. The summed E-state index contributed by atoms with van der Waals surface area (Å²) in [5, 5.41) is 5.17. The molecule has 0 radical (unpaired) electrons. The van der Waals surface area contributed by atoms with Crippen molar-refractivity contribution < 1.29 is 31.5 Å². The van der Waals surface area contributed by atoms with Gasteiger partial charge < -0.3 is 15.6 Å². The first-order chi connectivity index (χ1) is 15.6. The molecule has 6 nitrogen and oxygen atoms in total. The molecule has 0 bridgehead atoms. The smallest absolute Gasteiger partial charge is 0.359 e. The van der Waals surface area contributed by atoms with Gasteiger partial charge in [-0.1, -0.05) is 18.2 Å². The average molecular weight is 466 g/mol. The maximum absolute atomic E-state index is 13.5. The van der Waals surface area contributed by atoms with E-state index in [1.807, 2.05) is 4.90 Å². The van der Waals surface area contributed by atoms with Gasteiger partial charge in [0.25, 0.3) is 0 Å². The van der Waals surface area contributed by atoms with Gasteiger partial charge in [-0.05, 0) is 24.1 Å². The summed E-state index contributed by atoms with van der Waals surface area (Å²) >= 11 is 0. The van der Waals surface area contributed by atoms with Crippen molar-refractivity contribution in [2.75, 3.05) is 18.4 Å². The van der Waals surface area contributed by atoms with Gasteiger partial charge in [0, 0.05) is 43.3 Å². The summed E-state index contributed by atoms with van der Waals surface area (Å²) in [6.45, 7) is 1.18. The minimum absolute atomic E-state index is 0.127. The molecule has 1 aliphatic rings. The van der Waals surface area contributed by atoms with E-state index in [2.05, 4.69) is 15.6 Å². The highest BCUT2D eigenvalue weighted by atomic mass is 19.4. The number of fused-ring (bicyclic) bond motifs is 1. The number of hydrogen-bond acceptors (Lipinski definition) is 3. The molecule has 11 heteroatoms. The Morgan fingerprint density at radius 1 is 1.09 bits per heavy atom. The van der Waals surface area contributed by atoms with Crippen molar-refractivity contribution in [2.24, 2.45) is 0 Å². The summed E-state index contributed by atoms with van der Waals surface area (Å²) in [7, 11) is 0. The zero-order valence-electron chi connectivity index (χ0n) is 17.1. The molecule has 1 saturated heterocycles. The maximum atomic E-state index is 13.5. The maximum Gasteiger partial charge on any atom is 0.416 e. The molecule has 1 aromatic heterocycles. The molecule has 1 aliphatic heterocycles. The first-order valence-electron chi connectivity index (χ1n) is 10.1. The molecule has 3 aromatic rings. The van der Waals surface area contributed by atoms with Crippen LogP contribution in [-0.2, 0) is 22.3 Å². The fraction of sp³-hybridized carbons (Fsp3) is 0.273. The number of hydrogen-bond donors (Lipinski definition) is 3. The van der Waals surface area contributed by atoms with Gasteiger partial charge in [-0.25, -0.2) is 8.78 Å². The number of aromatic nitrogens is 1. The summed E-state index contributed by atoms with van der Waals surface area (Å²) in [5.41, 5.74) is 0.158. The van der Waals surface area contributed by atoms with E-state index in [-0.39, 0.29) is 29.2 Å². The van der Waals surface area contributed by atoms with Crippen molar-refractivity contribution in [2.45, 2.75) is 25.2 Å². The molecular formula is C22H19F5N4O2. The number of alkyl halides is 3. The second-order valence-corrected chi connectivity index (χ2v) is 7.86. The van der Waals surface area contributed by atoms with E-state index in [4.69, 9.17) is 0 Å². The summed E-state index contributed by atoms with van der Waals surface area (Å²) in [6.07, 6.45) is -2.58. The Bertz CT molecular complexity index is 1210. The lowest BCUT2D eigenvalue weighted by molar-refractivity contribution is -0.137. The van der Waals surface area contributed by atoms with Gasteiger partial charge in [0.1, 0.15) is 0 Å². The second-order valence-electron chi connectivity index (χ2n) is 7.86. The molecule has 0 saturated carbocycles. The Balaban J connectivity index is 1.32. The molecule has 0 aliphatic carbocycles.